The fourth-order valence-electron chi connectivity index (χ4n) is 0.343. The molecule has 42 valence electrons. The van der Waals surface area contributed by atoms with Crippen LogP contribution in [0.5, 0.6) is 0 Å². The molecule has 0 atom stereocenters. The summed E-state index contributed by atoms with van der Waals surface area (Å²) in [5.41, 5.74) is 0. The standard InChI is InChI=1S/C5H2F2N.Li/c6-4-2-1-3-5(7)8-4;/h1-2H;/q-1;+1. The SMILES string of the molecule is Fc1[c-]ccc(F)n1.[Li+]. The van der Waals surface area contributed by atoms with E-state index in [0.29, 0.717) is 0 Å². The van der Waals surface area contributed by atoms with Crippen LogP contribution >= 0.6 is 0 Å². The third-order valence-electron chi connectivity index (χ3n) is 0.628. The summed E-state index contributed by atoms with van der Waals surface area (Å²) in [6.45, 7) is 0. The van der Waals surface area contributed by atoms with Crippen LogP contribution in [0.4, 0.5) is 8.78 Å². The molecule has 0 fully saturated rings. The first-order valence-electron chi connectivity index (χ1n) is 1.99. The minimum atomic E-state index is -0.912. The molecule has 0 aliphatic rings. The normalized spacial score (nSPS) is 8.22. The van der Waals surface area contributed by atoms with E-state index in [1.165, 1.54) is 0 Å². The van der Waals surface area contributed by atoms with Crippen LogP contribution in [0.15, 0.2) is 12.1 Å². The van der Waals surface area contributed by atoms with Crippen LogP contribution in [0.25, 0.3) is 0 Å². The molecule has 0 aromatic carbocycles. The smallest absolute Gasteiger partial charge is 0.228 e. The average molecular weight is 121 g/mol. The summed E-state index contributed by atoms with van der Waals surface area (Å²) >= 11 is 0. The quantitative estimate of drug-likeness (QED) is 0.223. The van der Waals surface area contributed by atoms with Gasteiger partial charge >= 0.3 is 18.9 Å². The summed E-state index contributed by atoms with van der Waals surface area (Å²) < 4.78 is 23.6. The Bertz CT molecular complexity index is 175. The molecule has 0 saturated carbocycles. The number of halogens is 2. The summed E-state index contributed by atoms with van der Waals surface area (Å²) in [5, 5.41) is 0. The van der Waals surface area contributed by atoms with E-state index < -0.39 is 11.9 Å². The molecule has 0 spiro atoms. The molecule has 0 bridgehead atoms. The van der Waals surface area contributed by atoms with Gasteiger partial charge in [-0.2, -0.15) is 12.1 Å². The van der Waals surface area contributed by atoms with E-state index in [-0.39, 0.29) is 18.9 Å². The topological polar surface area (TPSA) is 12.9 Å². The van der Waals surface area contributed by atoms with Crippen molar-refractivity contribution in [1.29, 1.82) is 0 Å². The van der Waals surface area contributed by atoms with Crippen LogP contribution in [0.1, 0.15) is 0 Å². The maximum Gasteiger partial charge on any atom is 1.00 e. The van der Waals surface area contributed by atoms with Crippen LogP contribution in [0.3, 0.4) is 0 Å². The number of nitrogens with zero attached hydrogens (tertiary/aromatic N) is 1. The molecule has 1 rings (SSSR count). The zero-order valence-corrected chi connectivity index (χ0v) is 4.86. The summed E-state index contributed by atoms with van der Waals surface area (Å²) in [4.78, 5) is 2.78. The van der Waals surface area contributed by atoms with E-state index >= 15 is 0 Å². The van der Waals surface area contributed by atoms with Gasteiger partial charge in [0.15, 0.2) is 0 Å². The molecule has 4 heteroatoms. The molecule has 1 aromatic heterocycles. The van der Waals surface area contributed by atoms with Crippen molar-refractivity contribution in [2.45, 2.75) is 0 Å². The van der Waals surface area contributed by atoms with Crippen molar-refractivity contribution < 1.29 is 27.6 Å². The van der Waals surface area contributed by atoms with E-state index in [1.54, 1.807) is 0 Å². The fourth-order valence-corrected chi connectivity index (χ4v) is 0.343. The molecule has 0 radical (unpaired) electrons. The van der Waals surface area contributed by atoms with E-state index in [4.69, 9.17) is 0 Å². The molecule has 0 amide bonds. The van der Waals surface area contributed by atoms with Gasteiger partial charge in [0.25, 0.3) is 0 Å². The first-order valence-corrected chi connectivity index (χ1v) is 1.99. The average Bonchev–Trinajstić information content (AvgIpc) is 1.64. The molecule has 0 aliphatic heterocycles. The van der Waals surface area contributed by atoms with Gasteiger partial charge in [-0.15, -0.1) is 0 Å². The van der Waals surface area contributed by atoms with Gasteiger partial charge in [-0.1, -0.05) is 0 Å². The summed E-state index contributed by atoms with van der Waals surface area (Å²) in [5.74, 6) is -1.73. The van der Waals surface area contributed by atoms with Gasteiger partial charge in [0.2, 0.25) is 0 Å². The minimum Gasteiger partial charge on any atom is -0.228 e. The summed E-state index contributed by atoms with van der Waals surface area (Å²) in [6.07, 6.45) is 0. The van der Waals surface area contributed by atoms with E-state index in [0.717, 1.165) is 12.1 Å². The predicted molar refractivity (Wildman–Crippen MR) is 23.0 cm³/mol. The monoisotopic (exact) mass is 121 g/mol. The molecule has 1 heterocycles. The summed E-state index contributed by atoms with van der Waals surface area (Å²) in [6, 6.07) is 4.22. The van der Waals surface area contributed by atoms with Gasteiger partial charge < -0.3 is 0 Å². The van der Waals surface area contributed by atoms with Crippen LogP contribution in [-0.2, 0) is 0 Å². The molecule has 0 N–H and O–H groups in total. The second kappa shape index (κ2) is 3.60. The van der Waals surface area contributed by atoms with Crippen LogP contribution in [0, 0.1) is 18.0 Å². The zero-order valence-electron chi connectivity index (χ0n) is 4.86. The Labute approximate surface area is 63.3 Å². The van der Waals surface area contributed by atoms with Crippen molar-refractivity contribution in [2.75, 3.05) is 0 Å². The molecule has 0 aliphatic carbocycles. The maximum absolute atomic E-state index is 11.8. The molecule has 0 unspecified atom stereocenters. The van der Waals surface area contributed by atoms with Crippen molar-refractivity contribution in [1.82, 2.24) is 4.98 Å². The number of pyridine rings is 1. The second-order valence-corrected chi connectivity index (χ2v) is 1.20. The minimum absolute atomic E-state index is 0. The Morgan fingerprint density at radius 2 is 2.11 bits per heavy atom. The Morgan fingerprint density at radius 1 is 1.44 bits per heavy atom. The largest absolute Gasteiger partial charge is 1.00 e. The van der Waals surface area contributed by atoms with E-state index in [9.17, 15) is 8.78 Å². The Morgan fingerprint density at radius 3 is 2.44 bits per heavy atom. The maximum atomic E-state index is 11.8. The first kappa shape index (κ1) is 8.61. The Kier molecular flexibility index (Phi) is 3.44. The number of aromatic nitrogens is 1. The Hall–Kier alpha value is -0.393. The third-order valence-corrected chi connectivity index (χ3v) is 0.628. The molecule has 1 nitrogen and oxygen atoms in total. The van der Waals surface area contributed by atoms with Gasteiger partial charge in [0, 0.05) is 0 Å². The predicted octanol–water partition coefficient (Wildman–Crippen LogP) is -1.84. The fraction of sp³-hybridized carbons (Fsp3) is 0. The number of rotatable bonds is 0. The van der Waals surface area contributed by atoms with Gasteiger partial charge in [0.05, 0.1) is 0 Å². The molecule has 9 heavy (non-hydrogen) atoms. The van der Waals surface area contributed by atoms with Gasteiger partial charge in [-0.25, -0.2) is 19.8 Å². The summed E-state index contributed by atoms with van der Waals surface area (Å²) in [7, 11) is 0. The first-order chi connectivity index (χ1) is 3.79. The van der Waals surface area contributed by atoms with Crippen LogP contribution in [-0.4, -0.2) is 4.98 Å². The van der Waals surface area contributed by atoms with Crippen molar-refractivity contribution in [2.24, 2.45) is 0 Å². The van der Waals surface area contributed by atoms with Gasteiger partial charge in [0.1, 0.15) is 11.9 Å². The molecule has 1 aromatic rings. The second-order valence-electron chi connectivity index (χ2n) is 1.20. The number of hydrogen-bond donors (Lipinski definition) is 0. The third kappa shape index (κ3) is 2.59. The van der Waals surface area contributed by atoms with Crippen LogP contribution < -0.4 is 18.9 Å². The molecular weight excluding hydrogens is 119 g/mol. The van der Waals surface area contributed by atoms with Crippen molar-refractivity contribution in [3.05, 3.63) is 30.1 Å². The van der Waals surface area contributed by atoms with Crippen LogP contribution in [0.2, 0.25) is 0 Å². The van der Waals surface area contributed by atoms with E-state index in [2.05, 4.69) is 11.1 Å². The number of hydrogen-bond acceptors (Lipinski definition) is 1. The van der Waals surface area contributed by atoms with Crippen molar-refractivity contribution in [3.63, 3.8) is 0 Å². The van der Waals surface area contributed by atoms with Crippen molar-refractivity contribution in [3.8, 4) is 0 Å². The molecular formula is C5H2F2LiN. The zero-order chi connectivity index (χ0) is 5.98. The van der Waals surface area contributed by atoms with E-state index in [1.807, 2.05) is 0 Å². The van der Waals surface area contributed by atoms with Crippen molar-refractivity contribution >= 4 is 0 Å². The van der Waals surface area contributed by atoms with Gasteiger partial charge in [-0.3, -0.25) is 0 Å². The van der Waals surface area contributed by atoms with Gasteiger partial charge in [-0.05, 0) is 0 Å². The molecule has 0 saturated heterocycles. The Balaban J connectivity index is 0.000000640.